The van der Waals surface area contributed by atoms with Crippen LogP contribution in [0.1, 0.15) is 49.3 Å². The van der Waals surface area contributed by atoms with Gasteiger partial charge in [0.2, 0.25) is 0 Å². The zero-order chi connectivity index (χ0) is 22.8. The van der Waals surface area contributed by atoms with Gasteiger partial charge < -0.3 is 19.5 Å². The highest BCUT2D eigenvalue weighted by Crippen LogP contribution is 2.44. The second-order valence-electron chi connectivity index (χ2n) is 8.12. The van der Waals surface area contributed by atoms with Crippen molar-refractivity contribution in [3.63, 3.8) is 0 Å². The van der Waals surface area contributed by atoms with Gasteiger partial charge in [-0.1, -0.05) is 31.4 Å². The van der Waals surface area contributed by atoms with Crippen molar-refractivity contribution in [3.8, 4) is 11.5 Å². The monoisotopic (exact) mass is 439 g/mol. The standard InChI is InChI=1S/C25H26FNO5/c1-31-18-12-13-20(32-2)19(14-18)23(28)21-22(15-8-10-16(26)11-9-15)27(25(30)24(21)29)17-6-4-3-5-7-17/h8-14,17,22,28H,3-7H2,1-2H3/b23-21+. The van der Waals surface area contributed by atoms with Gasteiger partial charge in [-0.2, -0.15) is 0 Å². The van der Waals surface area contributed by atoms with Crippen LogP contribution in [0.5, 0.6) is 11.5 Å². The van der Waals surface area contributed by atoms with E-state index in [9.17, 15) is 19.1 Å². The molecule has 1 amide bonds. The number of rotatable bonds is 5. The van der Waals surface area contributed by atoms with Gasteiger partial charge in [0, 0.05) is 6.04 Å². The van der Waals surface area contributed by atoms with E-state index in [1.54, 1.807) is 35.2 Å². The Morgan fingerprint density at radius 2 is 1.69 bits per heavy atom. The van der Waals surface area contributed by atoms with E-state index >= 15 is 0 Å². The van der Waals surface area contributed by atoms with Gasteiger partial charge in [0.1, 0.15) is 23.1 Å². The number of carbonyl (C=O) groups excluding carboxylic acids is 2. The molecule has 4 rings (SSSR count). The van der Waals surface area contributed by atoms with Crippen LogP contribution in [0.3, 0.4) is 0 Å². The van der Waals surface area contributed by atoms with Crippen molar-refractivity contribution in [2.24, 2.45) is 0 Å². The highest BCUT2D eigenvalue weighted by atomic mass is 19.1. The molecule has 1 N–H and O–H groups in total. The molecule has 168 valence electrons. The van der Waals surface area contributed by atoms with Crippen molar-refractivity contribution in [1.82, 2.24) is 4.90 Å². The molecule has 1 atom stereocenters. The zero-order valence-electron chi connectivity index (χ0n) is 18.1. The molecule has 2 fully saturated rings. The SMILES string of the molecule is COc1ccc(OC)c(/C(O)=C2\C(=O)C(=O)N(C3CCCCC3)C2c2ccc(F)cc2)c1. The number of aliphatic hydroxyl groups excluding tert-OH is 1. The maximum atomic E-state index is 13.6. The molecule has 0 spiro atoms. The molecular weight excluding hydrogens is 413 g/mol. The summed E-state index contributed by atoms with van der Waals surface area (Å²) in [5.41, 5.74) is 0.791. The highest BCUT2D eigenvalue weighted by Gasteiger charge is 2.49. The molecule has 6 nitrogen and oxygen atoms in total. The number of amides is 1. The van der Waals surface area contributed by atoms with Gasteiger partial charge in [0.15, 0.2) is 0 Å². The predicted molar refractivity (Wildman–Crippen MR) is 117 cm³/mol. The Morgan fingerprint density at radius 1 is 1.00 bits per heavy atom. The largest absolute Gasteiger partial charge is 0.507 e. The van der Waals surface area contributed by atoms with Gasteiger partial charge in [0.05, 0.1) is 31.4 Å². The summed E-state index contributed by atoms with van der Waals surface area (Å²) in [6, 6.07) is 9.62. The molecule has 2 aliphatic rings. The van der Waals surface area contributed by atoms with Gasteiger partial charge in [-0.3, -0.25) is 9.59 Å². The Hall–Kier alpha value is -3.35. The summed E-state index contributed by atoms with van der Waals surface area (Å²) in [7, 11) is 2.95. The van der Waals surface area contributed by atoms with Crippen molar-refractivity contribution < 1.29 is 28.6 Å². The van der Waals surface area contributed by atoms with Crippen molar-refractivity contribution in [2.75, 3.05) is 14.2 Å². The van der Waals surface area contributed by atoms with E-state index in [0.29, 0.717) is 17.1 Å². The first-order valence-electron chi connectivity index (χ1n) is 10.7. The number of benzene rings is 2. The van der Waals surface area contributed by atoms with Gasteiger partial charge in [0.25, 0.3) is 11.7 Å². The van der Waals surface area contributed by atoms with Crippen LogP contribution in [0.15, 0.2) is 48.0 Å². The van der Waals surface area contributed by atoms with Crippen molar-refractivity contribution in [1.29, 1.82) is 0 Å². The van der Waals surface area contributed by atoms with Crippen molar-refractivity contribution in [2.45, 2.75) is 44.2 Å². The molecule has 0 radical (unpaired) electrons. The maximum absolute atomic E-state index is 13.6. The van der Waals surface area contributed by atoms with Gasteiger partial charge in [-0.05, 0) is 48.7 Å². The first-order valence-corrected chi connectivity index (χ1v) is 10.7. The van der Waals surface area contributed by atoms with Gasteiger partial charge >= 0.3 is 0 Å². The van der Waals surface area contributed by atoms with E-state index < -0.39 is 23.5 Å². The number of ketones is 1. The number of hydrogen-bond acceptors (Lipinski definition) is 5. The van der Waals surface area contributed by atoms with Gasteiger partial charge in [-0.25, -0.2) is 4.39 Å². The van der Waals surface area contributed by atoms with E-state index in [2.05, 4.69) is 0 Å². The third-order valence-electron chi connectivity index (χ3n) is 6.30. The number of aliphatic hydroxyl groups is 1. The average Bonchev–Trinajstić information content (AvgIpc) is 3.09. The topological polar surface area (TPSA) is 76.1 Å². The Balaban J connectivity index is 1.91. The summed E-state index contributed by atoms with van der Waals surface area (Å²) in [5.74, 6) is -1.36. The van der Waals surface area contributed by atoms with Crippen LogP contribution in [0.2, 0.25) is 0 Å². The Morgan fingerprint density at radius 3 is 2.31 bits per heavy atom. The first kappa shape index (κ1) is 21.9. The molecule has 1 heterocycles. The summed E-state index contributed by atoms with van der Waals surface area (Å²) in [5, 5.41) is 11.3. The minimum absolute atomic E-state index is 0.0289. The third kappa shape index (κ3) is 3.83. The molecule has 0 aromatic heterocycles. The number of halogens is 1. The Bertz CT molecular complexity index is 1060. The lowest BCUT2D eigenvalue weighted by Gasteiger charge is -2.35. The van der Waals surface area contributed by atoms with Crippen LogP contribution in [0.4, 0.5) is 4.39 Å². The molecule has 2 aromatic carbocycles. The fraction of sp³-hybridized carbons (Fsp3) is 0.360. The molecule has 32 heavy (non-hydrogen) atoms. The Labute approximate surface area is 186 Å². The molecule has 1 unspecified atom stereocenters. The van der Waals surface area contributed by atoms with Crippen LogP contribution in [-0.4, -0.2) is 42.0 Å². The molecule has 1 saturated carbocycles. The first-order chi connectivity index (χ1) is 15.5. The zero-order valence-corrected chi connectivity index (χ0v) is 18.1. The van der Waals surface area contributed by atoms with Crippen LogP contribution in [-0.2, 0) is 9.59 Å². The second kappa shape index (κ2) is 9.02. The quantitative estimate of drug-likeness (QED) is 0.419. The van der Waals surface area contributed by atoms with E-state index in [4.69, 9.17) is 9.47 Å². The molecular formula is C25H26FNO5. The van der Waals surface area contributed by atoms with E-state index in [-0.39, 0.29) is 22.9 Å². The second-order valence-corrected chi connectivity index (χ2v) is 8.12. The molecule has 1 saturated heterocycles. The summed E-state index contributed by atoms with van der Waals surface area (Å²) >= 11 is 0. The molecule has 1 aliphatic heterocycles. The summed E-state index contributed by atoms with van der Waals surface area (Å²) in [6.45, 7) is 0. The predicted octanol–water partition coefficient (Wildman–Crippen LogP) is 4.60. The Kier molecular flexibility index (Phi) is 6.17. The van der Waals surface area contributed by atoms with Crippen LogP contribution < -0.4 is 9.47 Å². The van der Waals surface area contributed by atoms with Crippen molar-refractivity contribution in [3.05, 3.63) is 65.0 Å². The average molecular weight is 439 g/mol. The van der Waals surface area contributed by atoms with Crippen LogP contribution in [0.25, 0.3) is 5.76 Å². The fourth-order valence-corrected chi connectivity index (χ4v) is 4.70. The smallest absolute Gasteiger partial charge is 0.295 e. The summed E-state index contributed by atoms with van der Waals surface area (Å²) in [6.07, 6.45) is 4.59. The van der Waals surface area contributed by atoms with Crippen molar-refractivity contribution >= 4 is 17.4 Å². The fourth-order valence-electron chi connectivity index (χ4n) is 4.70. The lowest BCUT2D eigenvalue weighted by molar-refractivity contribution is -0.141. The lowest BCUT2D eigenvalue weighted by atomic mass is 9.91. The van der Waals surface area contributed by atoms with Gasteiger partial charge in [-0.15, -0.1) is 0 Å². The number of Topliss-reactive ketones (excluding diaryl/α,β-unsaturated/α-hetero) is 1. The number of methoxy groups -OCH3 is 2. The third-order valence-corrected chi connectivity index (χ3v) is 6.30. The van der Waals surface area contributed by atoms with E-state index in [0.717, 1.165) is 32.1 Å². The minimum Gasteiger partial charge on any atom is -0.507 e. The van der Waals surface area contributed by atoms with Crippen LogP contribution in [0, 0.1) is 5.82 Å². The maximum Gasteiger partial charge on any atom is 0.295 e. The summed E-state index contributed by atoms with van der Waals surface area (Å²) < 4.78 is 24.3. The minimum atomic E-state index is -0.811. The number of ether oxygens (including phenoxy) is 2. The number of hydrogen-bond donors (Lipinski definition) is 1. The number of likely N-dealkylation sites (tertiary alicyclic amines) is 1. The van der Waals surface area contributed by atoms with Crippen LogP contribution >= 0.6 is 0 Å². The molecule has 2 aromatic rings. The molecule has 0 bridgehead atoms. The van der Waals surface area contributed by atoms with E-state index in [1.807, 2.05) is 0 Å². The summed E-state index contributed by atoms with van der Waals surface area (Å²) in [4.78, 5) is 28.0. The molecule has 1 aliphatic carbocycles. The molecule has 7 heteroatoms. The normalized spacial score (nSPS) is 21.1. The lowest BCUT2D eigenvalue weighted by Crippen LogP contribution is -2.40. The highest BCUT2D eigenvalue weighted by molar-refractivity contribution is 6.46. The van der Waals surface area contributed by atoms with E-state index in [1.165, 1.54) is 26.4 Å². The number of nitrogens with zero attached hydrogens (tertiary/aromatic N) is 1. The number of carbonyl (C=O) groups is 2.